The van der Waals surface area contributed by atoms with Gasteiger partial charge in [0.25, 0.3) is 5.69 Å². The molecule has 0 aliphatic carbocycles. The third-order valence-electron chi connectivity index (χ3n) is 3.19. The molecule has 0 saturated carbocycles. The number of hydrogen-bond donors (Lipinski definition) is 1. The maximum absolute atomic E-state index is 12.0. The van der Waals surface area contributed by atoms with Crippen molar-refractivity contribution in [3.05, 3.63) is 64.2 Å². The standard InChI is InChI=1S/C17H16N2O5/c1-23-15-9-7-12(11-16(15)24-2)8-10-17(20)18-13-5-3-4-6-14(13)19(21)22/h3-11H,1-2H3,(H,18,20). The van der Waals surface area contributed by atoms with Gasteiger partial charge in [-0.3, -0.25) is 14.9 Å². The number of benzene rings is 2. The van der Waals surface area contributed by atoms with Crippen LogP contribution in [0.5, 0.6) is 11.5 Å². The Hall–Kier alpha value is -3.35. The molecule has 24 heavy (non-hydrogen) atoms. The SMILES string of the molecule is COc1ccc(C=CC(=O)Nc2ccccc2[N+](=O)[O-])cc1OC. The number of anilines is 1. The first-order valence-corrected chi connectivity index (χ1v) is 6.99. The fourth-order valence-corrected chi connectivity index (χ4v) is 2.04. The number of carbonyl (C=O) groups excluding carboxylic acids is 1. The molecule has 0 saturated heterocycles. The number of nitrogens with one attached hydrogen (secondary N) is 1. The fraction of sp³-hybridized carbons (Fsp3) is 0.118. The van der Waals surface area contributed by atoms with Gasteiger partial charge in [0.1, 0.15) is 5.69 Å². The van der Waals surface area contributed by atoms with Crippen molar-refractivity contribution in [2.75, 3.05) is 19.5 Å². The Morgan fingerprint density at radius 3 is 2.50 bits per heavy atom. The van der Waals surface area contributed by atoms with Gasteiger partial charge >= 0.3 is 0 Å². The van der Waals surface area contributed by atoms with E-state index in [0.717, 1.165) is 5.56 Å². The lowest BCUT2D eigenvalue weighted by molar-refractivity contribution is -0.383. The van der Waals surface area contributed by atoms with Crippen molar-refractivity contribution in [1.29, 1.82) is 0 Å². The molecule has 7 nitrogen and oxygen atoms in total. The first-order valence-electron chi connectivity index (χ1n) is 6.99. The molecule has 0 bridgehead atoms. The first-order chi connectivity index (χ1) is 11.5. The second kappa shape index (κ2) is 7.77. The summed E-state index contributed by atoms with van der Waals surface area (Å²) in [5, 5.41) is 13.4. The highest BCUT2D eigenvalue weighted by molar-refractivity contribution is 6.03. The minimum Gasteiger partial charge on any atom is -0.493 e. The molecule has 1 N–H and O–H groups in total. The monoisotopic (exact) mass is 328 g/mol. The zero-order valence-electron chi connectivity index (χ0n) is 13.2. The van der Waals surface area contributed by atoms with Crippen molar-refractivity contribution in [1.82, 2.24) is 0 Å². The van der Waals surface area contributed by atoms with Gasteiger partial charge in [-0.05, 0) is 29.8 Å². The minimum absolute atomic E-state index is 0.143. The summed E-state index contributed by atoms with van der Waals surface area (Å²) in [6.45, 7) is 0. The van der Waals surface area contributed by atoms with Gasteiger partial charge in [-0.1, -0.05) is 18.2 Å². The molecule has 0 spiro atoms. The summed E-state index contributed by atoms with van der Waals surface area (Å²) in [5.74, 6) is 0.650. The van der Waals surface area contributed by atoms with Gasteiger partial charge in [0.05, 0.1) is 19.1 Å². The topological polar surface area (TPSA) is 90.7 Å². The highest BCUT2D eigenvalue weighted by Gasteiger charge is 2.13. The van der Waals surface area contributed by atoms with E-state index in [4.69, 9.17) is 9.47 Å². The van der Waals surface area contributed by atoms with E-state index in [1.165, 1.54) is 38.5 Å². The molecule has 0 unspecified atom stereocenters. The molecule has 7 heteroatoms. The summed E-state index contributed by atoms with van der Waals surface area (Å²) in [4.78, 5) is 22.3. The number of nitro benzene ring substituents is 1. The average Bonchev–Trinajstić information content (AvgIpc) is 2.59. The van der Waals surface area contributed by atoms with Crippen LogP contribution in [-0.2, 0) is 4.79 Å². The molecule has 124 valence electrons. The van der Waals surface area contributed by atoms with Crippen molar-refractivity contribution < 1.29 is 19.2 Å². The van der Waals surface area contributed by atoms with Gasteiger partial charge in [0, 0.05) is 12.1 Å². The predicted molar refractivity (Wildman–Crippen MR) is 90.3 cm³/mol. The predicted octanol–water partition coefficient (Wildman–Crippen LogP) is 3.26. The molecule has 0 aliphatic rings. The van der Waals surface area contributed by atoms with E-state index in [2.05, 4.69) is 5.32 Å². The number of para-hydroxylation sites is 2. The number of methoxy groups -OCH3 is 2. The van der Waals surface area contributed by atoms with Crippen LogP contribution in [0.4, 0.5) is 11.4 Å². The number of carbonyl (C=O) groups is 1. The smallest absolute Gasteiger partial charge is 0.292 e. The third-order valence-corrected chi connectivity index (χ3v) is 3.19. The molecule has 0 radical (unpaired) electrons. The van der Waals surface area contributed by atoms with Gasteiger partial charge in [-0.25, -0.2) is 0 Å². The van der Waals surface area contributed by atoms with Gasteiger partial charge in [-0.15, -0.1) is 0 Å². The van der Waals surface area contributed by atoms with Crippen LogP contribution in [0.3, 0.4) is 0 Å². The maximum atomic E-state index is 12.0. The quantitative estimate of drug-likeness (QED) is 0.499. The van der Waals surface area contributed by atoms with Gasteiger partial charge in [0.15, 0.2) is 11.5 Å². The van der Waals surface area contributed by atoms with E-state index in [9.17, 15) is 14.9 Å². The second-order valence-corrected chi connectivity index (χ2v) is 4.71. The molecule has 0 heterocycles. The van der Waals surface area contributed by atoms with Crippen molar-refractivity contribution in [2.24, 2.45) is 0 Å². The summed E-state index contributed by atoms with van der Waals surface area (Å²) in [6.07, 6.45) is 2.87. The van der Waals surface area contributed by atoms with Crippen LogP contribution in [0.1, 0.15) is 5.56 Å². The number of nitrogens with zero attached hydrogens (tertiary/aromatic N) is 1. The van der Waals surface area contributed by atoms with E-state index >= 15 is 0 Å². The van der Waals surface area contributed by atoms with Crippen LogP contribution < -0.4 is 14.8 Å². The average molecular weight is 328 g/mol. The third kappa shape index (κ3) is 4.10. The number of hydrogen-bond acceptors (Lipinski definition) is 5. The zero-order valence-corrected chi connectivity index (χ0v) is 13.2. The Kier molecular flexibility index (Phi) is 5.51. The minimum atomic E-state index is -0.548. The fourth-order valence-electron chi connectivity index (χ4n) is 2.04. The van der Waals surface area contributed by atoms with E-state index in [0.29, 0.717) is 11.5 Å². The van der Waals surface area contributed by atoms with Gasteiger partial charge < -0.3 is 14.8 Å². The Labute approximate surface area is 138 Å². The van der Waals surface area contributed by atoms with Crippen LogP contribution in [0.15, 0.2) is 48.5 Å². The van der Waals surface area contributed by atoms with Crippen molar-refractivity contribution in [3.8, 4) is 11.5 Å². The van der Waals surface area contributed by atoms with E-state index in [-0.39, 0.29) is 11.4 Å². The molecular weight excluding hydrogens is 312 g/mol. The molecule has 2 rings (SSSR count). The van der Waals surface area contributed by atoms with Crippen LogP contribution in [0, 0.1) is 10.1 Å². The van der Waals surface area contributed by atoms with Crippen molar-refractivity contribution in [2.45, 2.75) is 0 Å². The van der Waals surface area contributed by atoms with Crippen LogP contribution in [0.2, 0.25) is 0 Å². The van der Waals surface area contributed by atoms with Gasteiger partial charge in [0.2, 0.25) is 5.91 Å². The first kappa shape index (κ1) is 17.0. The largest absolute Gasteiger partial charge is 0.493 e. The zero-order chi connectivity index (χ0) is 17.5. The Bertz CT molecular complexity index is 786. The van der Waals surface area contributed by atoms with Crippen LogP contribution >= 0.6 is 0 Å². The Morgan fingerprint density at radius 1 is 1.12 bits per heavy atom. The normalized spacial score (nSPS) is 10.4. The molecule has 1 amide bonds. The molecule has 0 aliphatic heterocycles. The Balaban J connectivity index is 2.13. The number of nitro groups is 1. The molecular formula is C17H16N2O5. The van der Waals surface area contributed by atoms with E-state index < -0.39 is 10.8 Å². The summed E-state index contributed by atoms with van der Waals surface area (Å²) in [7, 11) is 3.06. The van der Waals surface area contributed by atoms with Crippen molar-refractivity contribution >= 4 is 23.4 Å². The van der Waals surface area contributed by atoms with Gasteiger partial charge in [-0.2, -0.15) is 0 Å². The number of ether oxygens (including phenoxy) is 2. The summed E-state index contributed by atoms with van der Waals surface area (Å²) >= 11 is 0. The Morgan fingerprint density at radius 2 is 1.83 bits per heavy atom. The summed E-state index contributed by atoms with van der Waals surface area (Å²) in [6, 6.07) is 11.1. The molecule has 0 aromatic heterocycles. The number of rotatable bonds is 6. The second-order valence-electron chi connectivity index (χ2n) is 4.71. The lowest BCUT2D eigenvalue weighted by Gasteiger charge is -2.07. The summed E-state index contributed by atoms with van der Waals surface area (Å²) in [5.41, 5.74) is 0.709. The number of amides is 1. The van der Waals surface area contributed by atoms with E-state index in [1.54, 1.807) is 30.3 Å². The highest BCUT2D eigenvalue weighted by atomic mass is 16.6. The molecule has 0 atom stereocenters. The highest BCUT2D eigenvalue weighted by Crippen LogP contribution is 2.28. The molecule has 2 aromatic carbocycles. The van der Waals surface area contributed by atoms with E-state index in [1.807, 2.05) is 0 Å². The maximum Gasteiger partial charge on any atom is 0.292 e. The summed E-state index contributed by atoms with van der Waals surface area (Å²) < 4.78 is 10.3. The lowest BCUT2D eigenvalue weighted by Crippen LogP contribution is -2.09. The van der Waals surface area contributed by atoms with Crippen LogP contribution in [0.25, 0.3) is 6.08 Å². The lowest BCUT2D eigenvalue weighted by atomic mass is 10.2. The van der Waals surface area contributed by atoms with Crippen LogP contribution in [-0.4, -0.2) is 25.1 Å². The van der Waals surface area contributed by atoms with Crippen molar-refractivity contribution in [3.63, 3.8) is 0 Å². The molecule has 2 aromatic rings. The molecule has 0 fully saturated rings.